The molecule has 0 atom stereocenters. The first-order chi connectivity index (χ1) is 9.54. The van der Waals surface area contributed by atoms with E-state index in [0.717, 1.165) is 13.0 Å². The van der Waals surface area contributed by atoms with E-state index in [1.54, 1.807) is 17.4 Å². The molecular formula is C14H23N3O3. The number of esters is 1. The summed E-state index contributed by atoms with van der Waals surface area (Å²) in [6, 6.07) is 0. The van der Waals surface area contributed by atoms with Crippen molar-refractivity contribution in [2.24, 2.45) is 5.92 Å². The summed E-state index contributed by atoms with van der Waals surface area (Å²) >= 11 is 0. The van der Waals surface area contributed by atoms with Gasteiger partial charge in [-0.1, -0.05) is 13.8 Å². The Bertz CT molecular complexity index is 415. The highest BCUT2D eigenvalue weighted by molar-refractivity contribution is 5.79. The second-order valence-electron chi connectivity index (χ2n) is 4.96. The van der Waals surface area contributed by atoms with E-state index in [1.165, 1.54) is 7.11 Å². The van der Waals surface area contributed by atoms with Crippen LogP contribution in [0, 0.1) is 5.92 Å². The molecular weight excluding hydrogens is 258 g/mol. The lowest BCUT2D eigenvalue weighted by atomic mass is 10.1. The summed E-state index contributed by atoms with van der Waals surface area (Å²) in [7, 11) is 1.36. The van der Waals surface area contributed by atoms with Crippen molar-refractivity contribution >= 4 is 11.9 Å². The Labute approximate surface area is 119 Å². The van der Waals surface area contributed by atoms with Crippen LogP contribution in [0.5, 0.6) is 0 Å². The van der Waals surface area contributed by atoms with Crippen LogP contribution in [0.25, 0.3) is 0 Å². The van der Waals surface area contributed by atoms with Gasteiger partial charge < -0.3 is 14.2 Å². The van der Waals surface area contributed by atoms with E-state index < -0.39 is 0 Å². The fourth-order valence-corrected chi connectivity index (χ4v) is 1.89. The number of aromatic nitrogens is 2. The van der Waals surface area contributed by atoms with Gasteiger partial charge in [0, 0.05) is 37.9 Å². The Morgan fingerprint density at radius 1 is 1.35 bits per heavy atom. The molecule has 0 fully saturated rings. The van der Waals surface area contributed by atoms with Crippen molar-refractivity contribution in [2.75, 3.05) is 20.2 Å². The van der Waals surface area contributed by atoms with Gasteiger partial charge in [-0.2, -0.15) is 0 Å². The molecule has 1 aromatic rings. The molecule has 1 amide bonds. The molecule has 0 aliphatic heterocycles. The summed E-state index contributed by atoms with van der Waals surface area (Å²) in [5, 5.41) is 0. The van der Waals surface area contributed by atoms with E-state index in [2.05, 4.69) is 9.72 Å². The Balaban J connectivity index is 2.44. The van der Waals surface area contributed by atoms with Crippen molar-refractivity contribution in [1.82, 2.24) is 14.5 Å². The first-order valence-corrected chi connectivity index (χ1v) is 6.86. The molecule has 0 aromatic carbocycles. The highest BCUT2D eigenvalue weighted by atomic mass is 16.5. The smallest absolute Gasteiger partial charge is 0.307 e. The van der Waals surface area contributed by atoms with Gasteiger partial charge in [0.1, 0.15) is 0 Å². The van der Waals surface area contributed by atoms with E-state index in [-0.39, 0.29) is 24.2 Å². The number of hydrogen-bond acceptors (Lipinski definition) is 4. The lowest BCUT2D eigenvalue weighted by molar-refractivity contribution is -0.142. The van der Waals surface area contributed by atoms with E-state index in [1.807, 2.05) is 24.6 Å². The quantitative estimate of drug-likeness (QED) is 0.674. The van der Waals surface area contributed by atoms with Gasteiger partial charge in [-0.25, -0.2) is 4.98 Å². The van der Waals surface area contributed by atoms with Gasteiger partial charge in [0.05, 0.1) is 19.9 Å². The van der Waals surface area contributed by atoms with Gasteiger partial charge in [0.15, 0.2) is 0 Å². The number of methoxy groups -OCH3 is 1. The summed E-state index contributed by atoms with van der Waals surface area (Å²) < 4.78 is 6.59. The highest BCUT2D eigenvalue weighted by Gasteiger charge is 2.17. The number of imidazole rings is 1. The second kappa shape index (κ2) is 8.35. The van der Waals surface area contributed by atoms with E-state index in [0.29, 0.717) is 13.1 Å². The average Bonchev–Trinajstić information content (AvgIpc) is 2.94. The predicted octanol–water partition coefficient (Wildman–Crippen LogP) is 1.32. The van der Waals surface area contributed by atoms with E-state index in [4.69, 9.17) is 0 Å². The zero-order valence-electron chi connectivity index (χ0n) is 12.4. The van der Waals surface area contributed by atoms with Crippen LogP contribution in [0.1, 0.15) is 26.7 Å². The molecule has 0 unspecified atom stereocenters. The molecule has 0 N–H and O–H groups in total. The third kappa shape index (κ3) is 5.42. The minimum atomic E-state index is -0.291. The lowest BCUT2D eigenvalue weighted by Gasteiger charge is -2.24. The number of carbonyl (C=O) groups excluding carboxylic acids is 2. The number of rotatable bonds is 8. The van der Waals surface area contributed by atoms with Gasteiger partial charge in [-0.15, -0.1) is 0 Å². The highest BCUT2D eigenvalue weighted by Crippen LogP contribution is 2.05. The number of hydrogen-bond donors (Lipinski definition) is 0. The van der Waals surface area contributed by atoms with Crippen molar-refractivity contribution in [3.63, 3.8) is 0 Å². The molecule has 0 aliphatic carbocycles. The van der Waals surface area contributed by atoms with Crippen molar-refractivity contribution < 1.29 is 14.3 Å². The molecule has 0 aliphatic rings. The monoisotopic (exact) mass is 281 g/mol. The van der Waals surface area contributed by atoms with Crippen molar-refractivity contribution in [2.45, 2.75) is 33.2 Å². The molecule has 0 radical (unpaired) electrons. The van der Waals surface area contributed by atoms with Crippen LogP contribution in [0.15, 0.2) is 18.7 Å². The molecule has 0 saturated carbocycles. The van der Waals surface area contributed by atoms with Crippen LogP contribution in [0.2, 0.25) is 0 Å². The van der Waals surface area contributed by atoms with Gasteiger partial charge in [0.25, 0.3) is 0 Å². The van der Waals surface area contributed by atoms with Crippen molar-refractivity contribution in [3.8, 4) is 0 Å². The SMILES string of the molecule is COC(=O)CCN(CCCn1ccnc1)C(=O)C(C)C. The summed E-state index contributed by atoms with van der Waals surface area (Å²) in [5.41, 5.74) is 0. The lowest BCUT2D eigenvalue weighted by Crippen LogP contribution is -2.37. The van der Waals surface area contributed by atoms with Crippen LogP contribution in [-0.4, -0.2) is 46.5 Å². The largest absolute Gasteiger partial charge is 0.469 e. The van der Waals surface area contributed by atoms with Gasteiger partial charge >= 0.3 is 5.97 Å². The number of ether oxygens (including phenoxy) is 1. The number of amides is 1. The van der Waals surface area contributed by atoms with Crippen molar-refractivity contribution in [3.05, 3.63) is 18.7 Å². The minimum Gasteiger partial charge on any atom is -0.469 e. The molecule has 0 spiro atoms. The maximum Gasteiger partial charge on any atom is 0.307 e. The standard InChI is InChI=1S/C14H23N3O3/c1-12(2)14(19)17(9-5-13(18)20-3)8-4-7-16-10-6-15-11-16/h6,10-12H,4-5,7-9H2,1-3H3. The fourth-order valence-electron chi connectivity index (χ4n) is 1.89. The zero-order chi connectivity index (χ0) is 15.0. The molecule has 1 heterocycles. The molecule has 6 nitrogen and oxygen atoms in total. The molecule has 0 bridgehead atoms. The normalized spacial score (nSPS) is 10.6. The number of carbonyl (C=O) groups is 2. The Kier molecular flexibility index (Phi) is 6.76. The number of nitrogens with zero attached hydrogens (tertiary/aromatic N) is 3. The molecule has 20 heavy (non-hydrogen) atoms. The first kappa shape index (κ1) is 16.2. The maximum atomic E-state index is 12.1. The summed E-state index contributed by atoms with van der Waals surface area (Å²) in [4.78, 5) is 29.0. The van der Waals surface area contributed by atoms with Crippen LogP contribution < -0.4 is 0 Å². The van der Waals surface area contributed by atoms with E-state index >= 15 is 0 Å². The van der Waals surface area contributed by atoms with Crippen LogP contribution >= 0.6 is 0 Å². The Morgan fingerprint density at radius 2 is 2.10 bits per heavy atom. The van der Waals surface area contributed by atoms with Crippen LogP contribution in [0.4, 0.5) is 0 Å². The summed E-state index contributed by atoms with van der Waals surface area (Å²) in [5.74, 6) is -0.290. The molecule has 1 aromatic heterocycles. The van der Waals surface area contributed by atoms with Gasteiger partial charge in [0.2, 0.25) is 5.91 Å². The molecule has 1 rings (SSSR count). The van der Waals surface area contributed by atoms with Crippen LogP contribution in [-0.2, 0) is 20.9 Å². The molecule has 112 valence electrons. The van der Waals surface area contributed by atoms with Crippen LogP contribution in [0.3, 0.4) is 0 Å². The molecule has 6 heteroatoms. The first-order valence-electron chi connectivity index (χ1n) is 6.86. The topological polar surface area (TPSA) is 64.4 Å². The zero-order valence-corrected chi connectivity index (χ0v) is 12.4. The summed E-state index contributed by atoms with van der Waals surface area (Å²) in [6.07, 6.45) is 6.44. The van der Waals surface area contributed by atoms with E-state index in [9.17, 15) is 9.59 Å². The third-order valence-corrected chi connectivity index (χ3v) is 3.02. The van der Waals surface area contributed by atoms with Gasteiger partial charge in [-0.05, 0) is 6.42 Å². The fraction of sp³-hybridized carbons (Fsp3) is 0.643. The van der Waals surface area contributed by atoms with Crippen molar-refractivity contribution in [1.29, 1.82) is 0 Å². The summed E-state index contributed by atoms with van der Waals surface area (Å²) in [6.45, 7) is 5.58. The van der Waals surface area contributed by atoms with Gasteiger partial charge in [-0.3, -0.25) is 9.59 Å². The Hall–Kier alpha value is -1.85. The maximum absolute atomic E-state index is 12.1. The predicted molar refractivity (Wildman–Crippen MR) is 74.9 cm³/mol. The Morgan fingerprint density at radius 3 is 2.65 bits per heavy atom. The average molecular weight is 281 g/mol. The number of aryl methyl sites for hydroxylation is 1. The minimum absolute atomic E-state index is 0.0686. The second-order valence-corrected chi connectivity index (χ2v) is 4.96. The molecule has 0 saturated heterocycles. The third-order valence-electron chi connectivity index (χ3n) is 3.02.